The molecule has 5 rings (SSSR count). The van der Waals surface area contributed by atoms with Gasteiger partial charge in [-0.05, 0) is 19.1 Å². The van der Waals surface area contributed by atoms with E-state index < -0.39 is 21.0 Å². The van der Waals surface area contributed by atoms with Crippen LogP contribution in [0.2, 0.25) is 5.02 Å². The lowest BCUT2D eigenvalue weighted by atomic mass is 10.2. The lowest BCUT2D eigenvalue weighted by Gasteiger charge is -2.34. The van der Waals surface area contributed by atoms with Crippen LogP contribution in [0.5, 0.6) is 0 Å². The topological polar surface area (TPSA) is 164 Å². The summed E-state index contributed by atoms with van der Waals surface area (Å²) in [6, 6.07) is 5.35. The van der Waals surface area contributed by atoms with Crippen LogP contribution in [-0.4, -0.2) is 62.4 Å². The Morgan fingerprint density at radius 2 is 2.20 bits per heavy atom. The highest BCUT2D eigenvalue weighted by Gasteiger charge is 2.32. The molecule has 5 heterocycles. The minimum atomic E-state index is -3.20. The van der Waals surface area contributed by atoms with Crippen molar-refractivity contribution in [2.75, 3.05) is 29.5 Å². The first-order valence-electron chi connectivity index (χ1n) is 10.6. The maximum Gasteiger partial charge on any atom is 0.259 e. The number of hydrogen-bond acceptors (Lipinski definition) is 9. The van der Waals surface area contributed by atoms with E-state index in [4.69, 9.17) is 17.3 Å². The van der Waals surface area contributed by atoms with E-state index >= 15 is 0 Å². The van der Waals surface area contributed by atoms with Gasteiger partial charge in [-0.25, -0.2) is 22.9 Å². The predicted molar refractivity (Wildman–Crippen MR) is 129 cm³/mol. The predicted octanol–water partition coefficient (Wildman–Crippen LogP) is 1.04. The molecule has 12 nitrogen and oxygen atoms in total. The summed E-state index contributed by atoms with van der Waals surface area (Å²) in [5.74, 6) is 0.148. The summed E-state index contributed by atoms with van der Waals surface area (Å²) >= 11 is 6.51. The number of nitrogens with one attached hydrogen (secondary N) is 1. The van der Waals surface area contributed by atoms with Crippen LogP contribution >= 0.6 is 11.6 Å². The van der Waals surface area contributed by atoms with Gasteiger partial charge >= 0.3 is 0 Å². The van der Waals surface area contributed by atoms with Crippen molar-refractivity contribution in [3.63, 3.8) is 0 Å². The Balaban J connectivity index is 1.54. The van der Waals surface area contributed by atoms with Crippen molar-refractivity contribution < 1.29 is 13.2 Å². The van der Waals surface area contributed by atoms with E-state index in [1.807, 2.05) is 11.0 Å². The van der Waals surface area contributed by atoms with Crippen molar-refractivity contribution in [3.05, 3.63) is 52.7 Å². The Labute approximate surface area is 204 Å². The zero-order valence-electron chi connectivity index (χ0n) is 18.5. The summed E-state index contributed by atoms with van der Waals surface area (Å²) in [7, 11) is -3.20. The van der Waals surface area contributed by atoms with Crippen LogP contribution in [0.4, 0.5) is 11.6 Å². The largest absolute Gasteiger partial charge is 0.381 e. The lowest BCUT2D eigenvalue weighted by molar-refractivity contribution is 0.0953. The molecule has 0 bridgehead atoms. The SMILES string of the molecule is CC1CN(c2c(CNC(=O)c3c(N)nn4cccnc34)cc(Cl)c3c(C#N)ncn23)CCS1(=O)=O. The average Bonchev–Trinajstić information content (AvgIpc) is 3.40. The number of hydrogen-bond donors (Lipinski definition) is 2. The molecule has 0 saturated carbocycles. The minimum Gasteiger partial charge on any atom is -0.381 e. The Hall–Kier alpha value is -3.89. The number of halogens is 1. The summed E-state index contributed by atoms with van der Waals surface area (Å²) in [5, 5.41) is 16.1. The number of amides is 1. The van der Waals surface area contributed by atoms with Gasteiger partial charge in [-0.1, -0.05) is 11.6 Å². The number of nitriles is 1. The Morgan fingerprint density at radius 3 is 2.94 bits per heavy atom. The molecule has 1 atom stereocenters. The van der Waals surface area contributed by atoms with E-state index in [1.54, 1.807) is 29.7 Å². The number of nitrogens with zero attached hydrogens (tertiary/aromatic N) is 7. The highest BCUT2D eigenvalue weighted by Crippen LogP contribution is 2.32. The molecule has 4 aromatic heterocycles. The van der Waals surface area contributed by atoms with Crippen LogP contribution in [0.25, 0.3) is 11.2 Å². The van der Waals surface area contributed by atoms with E-state index in [9.17, 15) is 18.5 Å². The molecule has 1 saturated heterocycles. The third-order valence-corrected chi connectivity index (χ3v) is 8.46. The molecule has 1 aliphatic heterocycles. The van der Waals surface area contributed by atoms with Crippen molar-refractivity contribution in [3.8, 4) is 6.07 Å². The van der Waals surface area contributed by atoms with Gasteiger partial charge in [0.2, 0.25) is 0 Å². The van der Waals surface area contributed by atoms with Gasteiger partial charge in [0.05, 0.1) is 16.0 Å². The second-order valence-electron chi connectivity index (χ2n) is 8.22. The fraction of sp³-hybridized carbons (Fsp3) is 0.286. The number of imidazole rings is 1. The van der Waals surface area contributed by atoms with Gasteiger partial charge in [-0.2, -0.15) is 5.26 Å². The maximum absolute atomic E-state index is 13.1. The van der Waals surface area contributed by atoms with Gasteiger partial charge in [0.15, 0.2) is 27.0 Å². The van der Waals surface area contributed by atoms with E-state index in [2.05, 4.69) is 20.4 Å². The first-order valence-corrected chi connectivity index (χ1v) is 12.7. The van der Waals surface area contributed by atoms with E-state index in [-0.39, 0.29) is 47.5 Å². The fourth-order valence-electron chi connectivity index (χ4n) is 4.28. The molecule has 1 fully saturated rings. The summed E-state index contributed by atoms with van der Waals surface area (Å²) in [6.07, 6.45) is 4.65. The van der Waals surface area contributed by atoms with Gasteiger partial charge < -0.3 is 16.0 Å². The first-order chi connectivity index (χ1) is 16.7. The van der Waals surface area contributed by atoms with Crippen molar-refractivity contribution in [1.82, 2.24) is 29.3 Å². The molecule has 14 heteroatoms. The quantitative estimate of drug-likeness (QED) is 0.405. The van der Waals surface area contributed by atoms with Gasteiger partial charge in [-0.15, -0.1) is 5.10 Å². The molecule has 1 amide bonds. The molecular formula is C21H20ClN9O3S. The maximum atomic E-state index is 13.1. The second kappa shape index (κ2) is 8.40. The summed E-state index contributed by atoms with van der Waals surface area (Å²) in [4.78, 5) is 23.3. The van der Waals surface area contributed by atoms with Gasteiger partial charge in [-0.3, -0.25) is 9.20 Å². The molecule has 4 aromatic rings. The lowest BCUT2D eigenvalue weighted by Crippen LogP contribution is -2.46. The number of nitrogens with two attached hydrogens (primary N) is 1. The van der Waals surface area contributed by atoms with Crippen molar-refractivity contribution in [2.45, 2.75) is 18.7 Å². The normalized spacial score (nSPS) is 17.5. The number of sulfone groups is 1. The third kappa shape index (κ3) is 3.80. The van der Waals surface area contributed by atoms with E-state index in [0.29, 0.717) is 22.5 Å². The van der Waals surface area contributed by atoms with Crippen LogP contribution in [0, 0.1) is 11.3 Å². The van der Waals surface area contributed by atoms with Crippen LogP contribution in [-0.2, 0) is 16.4 Å². The molecule has 180 valence electrons. The highest BCUT2D eigenvalue weighted by molar-refractivity contribution is 7.92. The zero-order chi connectivity index (χ0) is 24.9. The molecular weight excluding hydrogens is 494 g/mol. The summed E-state index contributed by atoms with van der Waals surface area (Å²) in [5.41, 5.74) is 7.61. The van der Waals surface area contributed by atoms with Crippen molar-refractivity contribution in [1.29, 1.82) is 5.26 Å². The van der Waals surface area contributed by atoms with Crippen LogP contribution in [0.1, 0.15) is 28.5 Å². The smallest absolute Gasteiger partial charge is 0.259 e. The number of nitrogen functional groups attached to an aromatic ring is 1. The Kier molecular flexibility index (Phi) is 5.49. The molecule has 3 N–H and O–H groups in total. The number of rotatable bonds is 4. The van der Waals surface area contributed by atoms with Crippen LogP contribution < -0.4 is 16.0 Å². The number of carbonyl (C=O) groups excluding carboxylic acids is 1. The number of aromatic nitrogens is 5. The number of fused-ring (bicyclic) bond motifs is 2. The highest BCUT2D eigenvalue weighted by atomic mass is 35.5. The molecule has 0 spiro atoms. The molecule has 0 aromatic carbocycles. The fourth-order valence-corrected chi connectivity index (χ4v) is 5.87. The molecule has 35 heavy (non-hydrogen) atoms. The Bertz CT molecular complexity index is 1640. The first kappa shape index (κ1) is 22.9. The molecule has 0 radical (unpaired) electrons. The summed E-state index contributed by atoms with van der Waals surface area (Å²) in [6.45, 7) is 2.19. The molecule has 0 aliphatic carbocycles. The minimum absolute atomic E-state index is 0.0194. The summed E-state index contributed by atoms with van der Waals surface area (Å²) < 4.78 is 27.7. The molecule has 1 unspecified atom stereocenters. The third-order valence-electron chi connectivity index (χ3n) is 6.04. The number of anilines is 2. The average molecular weight is 514 g/mol. The van der Waals surface area contributed by atoms with Gasteiger partial charge in [0.1, 0.15) is 29.3 Å². The standard InChI is InChI=1S/C21H20ClN9O3S/c1-12-10-29(5-6-35(12,33)34)21-13(7-14(22)17-15(8-23)27-11-30(17)21)9-26-20(32)16-18(24)28-31-4-2-3-25-19(16)31/h2-4,7,11-12H,5-6,9-10H2,1H3,(H2,24,28)(H,26,32). The van der Waals surface area contributed by atoms with Crippen LogP contribution in [0.3, 0.4) is 0 Å². The zero-order valence-corrected chi connectivity index (χ0v) is 20.1. The monoisotopic (exact) mass is 513 g/mol. The van der Waals surface area contributed by atoms with Gasteiger partial charge in [0, 0.05) is 37.6 Å². The Morgan fingerprint density at radius 1 is 1.40 bits per heavy atom. The number of carbonyl (C=O) groups is 1. The van der Waals surface area contributed by atoms with E-state index in [0.717, 1.165) is 0 Å². The van der Waals surface area contributed by atoms with E-state index in [1.165, 1.54) is 17.0 Å². The number of pyridine rings is 1. The second-order valence-corrected chi connectivity index (χ2v) is 11.2. The molecule has 1 aliphatic rings. The van der Waals surface area contributed by atoms with Gasteiger partial charge in [0.25, 0.3) is 5.91 Å². The van der Waals surface area contributed by atoms with Crippen molar-refractivity contribution in [2.24, 2.45) is 0 Å². The van der Waals surface area contributed by atoms with Crippen LogP contribution in [0.15, 0.2) is 30.9 Å². The van der Waals surface area contributed by atoms with Crippen molar-refractivity contribution >= 4 is 50.1 Å².